The molecule has 0 aliphatic rings. The van der Waals surface area contributed by atoms with Crippen molar-refractivity contribution in [2.24, 2.45) is 0 Å². The zero-order valence-electron chi connectivity index (χ0n) is 11.5. The van der Waals surface area contributed by atoms with Crippen LogP contribution in [-0.2, 0) is 0 Å². The predicted molar refractivity (Wildman–Crippen MR) is 82.9 cm³/mol. The van der Waals surface area contributed by atoms with Crippen molar-refractivity contribution in [3.05, 3.63) is 59.9 Å². The fourth-order valence-corrected chi connectivity index (χ4v) is 1.90. The van der Waals surface area contributed by atoms with Crippen molar-refractivity contribution in [1.82, 2.24) is 9.97 Å². The predicted octanol–water partition coefficient (Wildman–Crippen LogP) is 2.62. The minimum Gasteiger partial charge on any atom is -0.497 e. The number of rotatable bonds is 1. The number of benzene rings is 2. The SMILES string of the molecule is COc1ccc(C#Cc2cnc3ccc(N)cc3n2)cc1. The molecule has 0 unspecified atom stereocenters. The van der Waals surface area contributed by atoms with E-state index in [0.29, 0.717) is 11.4 Å². The lowest BCUT2D eigenvalue weighted by Crippen LogP contribution is -1.91. The van der Waals surface area contributed by atoms with E-state index in [1.54, 1.807) is 25.4 Å². The van der Waals surface area contributed by atoms with Gasteiger partial charge in [0.2, 0.25) is 0 Å². The van der Waals surface area contributed by atoms with E-state index in [4.69, 9.17) is 10.5 Å². The molecule has 0 spiro atoms. The lowest BCUT2D eigenvalue weighted by atomic mass is 10.2. The third-order valence-electron chi connectivity index (χ3n) is 2.99. The number of hydrogen-bond donors (Lipinski definition) is 1. The van der Waals surface area contributed by atoms with Crippen LogP contribution in [0.2, 0.25) is 0 Å². The summed E-state index contributed by atoms with van der Waals surface area (Å²) in [4.78, 5) is 8.77. The van der Waals surface area contributed by atoms with Crippen LogP contribution in [0.1, 0.15) is 11.3 Å². The average molecular weight is 275 g/mol. The first kappa shape index (κ1) is 12.9. The Morgan fingerprint density at radius 2 is 1.81 bits per heavy atom. The van der Waals surface area contributed by atoms with E-state index >= 15 is 0 Å². The summed E-state index contributed by atoms with van der Waals surface area (Å²) < 4.78 is 5.11. The molecule has 21 heavy (non-hydrogen) atoms. The second kappa shape index (κ2) is 5.51. The molecule has 0 bridgehead atoms. The molecule has 0 saturated heterocycles. The van der Waals surface area contributed by atoms with Crippen molar-refractivity contribution < 1.29 is 4.74 Å². The van der Waals surface area contributed by atoms with Crippen LogP contribution >= 0.6 is 0 Å². The Morgan fingerprint density at radius 1 is 1.00 bits per heavy atom. The zero-order chi connectivity index (χ0) is 14.7. The molecule has 0 aliphatic heterocycles. The summed E-state index contributed by atoms with van der Waals surface area (Å²) in [5.74, 6) is 6.86. The number of aromatic nitrogens is 2. The van der Waals surface area contributed by atoms with Crippen molar-refractivity contribution in [2.75, 3.05) is 12.8 Å². The molecular weight excluding hydrogens is 262 g/mol. The fraction of sp³-hybridized carbons (Fsp3) is 0.0588. The number of fused-ring (bicyclic) bond motifs is 1. The van der Waals surface area contributed by atoms with Gasteiger partial charge in [-0.15, -0.1) is 0 Å². The Balaban J connectivity index is 1.92. The Kier molecular flexibility index (Phi) is 3.40. The number of hydrogen-bond acceptors (Lipinski definition) is 4. The molecule has 2 aromatic carbocycles. The molecule has 3 aromatic rings. The normalized spacial score (nSPS) is 9.95. The lowest BCUT2D eigenvalue weighted by molar-refractivity contribution is 0.415. The highest BCUT2D eigenvalue weighted by Gasteiger charge is 1.98. The van der Waals surface area contributed by atoms with Gasteiger partial charge >= 0.3 is 0 Å². The van der Waals surface area contributed by atoms with Crippen LogP contribution in [0.3, 0.4) is 0 Å². The van der Waals surface area contributed by atoms with Gasteiger partial charge < -0.3 is 10.5 Å². The van der Waals surface area contributed by atoms with Crippen LogP contribution in [0.5, 0.6) is 5.75 Å². The van der Waals surface area contributed by atoms with E-state index in [1.165, 1.54) is 0 Å². The van der Waals surface area contributed by atoms with Crippen LogP contribution < -0.4 is 10.5 Å². The van der Waals surface area contributed by atoms with Gasteiger partial charge in [0, 0.05) is 11.3 Å². The molecule has 3 rings (SSSR count). The molecule has 0 atom stereocenters. The number of methoxy groups -OCH3 is 1. The average Bonchev–Trinajstić information content (AvgIpc) is 2.53. The van der Waals surface area contributed by atoms with Gasteiger partial charge in [-0.2, -0.15) is 0 Å². The zero-order valence-corrected chi connectivity index (χ0v) is 11.5. The van der Waals surface area contributed by atoms with Gasteiger partial charge in [0.05, 0.1) is 24.3 Å². The lowest BCUT2D eigenvalue weighted by Gasteiger charge is -1.99. The first-order chi connectivity index (χ1) is 10.2. The molecule has 4 heteroatoms. The molecule has 102 valence electrons. The Bertz CT molecular complexity index is 845. The number of nitrogens with two attached hydrogens (primary N) is 1. The van der Waals surface area contributed by atoms with Crippen LogP contribution in [0.15, 0.2) is 48.7 Å². The van der Waals surface area contributed by atoms with E-state index in [-0.39, 0.29) is 0 Å². The maximum absolute atomic E-state index is 5.75. The molecule has 0 fully saturated rings. The van der Waals surface area contributed by atoms with Gasteiger partial charge in [0.25, 0.3) is 0 Å². The maximum Gasteiger partial charge on any atom is 0.132 e. The van der Waals surface area contributed by atoms with E-state index in [1.807, 2.05) is 30.3 Å². The molecule has 0 radical (unpaired) electrons. The van der Waals surface area contributed by atoms with E-state index in [0.717, 1.165) is 22.3 Å². The minimum absolute atomic E-state index is 0.615. The summed E-state index contributed by atoms with van der Waals surface area (Å²) in [5, 5.41) is 0. The highest BCUT2D eigenvalue weighted by atomic mass is 16.5. The van der Waals surface area contributed by atoms with Crippen molar-refractivity contribution in [2.45, 2.75) is 0 Å². The quantitative estimate of drug-likeness (QED) is 0.548. The number of nitrogen functional groups attached to an aromatic ring is 1. The van der Waals surface area contributed by atoms with E-state index in [9.17, 15) is 0 Å². The van der Waals surface area contributed by atoms with Crippen LogP contribution in [0.4, 0.5) is 5.69 Å². The number of ether oxygens (including phenoxy) is 1. The molecule has 0 amide bonds. The van der Waals surface area contributed by atoms with Gasteiger partial charge in [-0.1, -0.05) is 5.92 Å². The molecule has 2 N–H and O–H groups in total. The third-order valence-corrected chi connectivity index (χ3v) is 2.99. The highest BCUT2D eigenvalue weighted by Crippen LogP contribution is 2.13. The number of anilines is 1. The van der Waals surface area contributed by atoms with E-state index < -0.39 is 0 Å². The smallest absolute Gasteiger partial charge is 0.132 e. The summed E-state index contributed by atoms with van der Waals surface area (Å²) in [6.45, 7) is 0. The van der Waals surface area contributed by atoms with Crippen molar-refractivity contribution in [1.29, 1.82) is 0 Å². The number of nitrogens with zero attached hydrogens (tertiary/aromatic N) is 2. The van der Waals surface area contributed by atoms with Gasteiger partial charge in [-0.3, -0.25) is 4.98 Å². The standard InChI is InChI=1S/C17H13N3O/c1-21-15-7-3-12(4-8-15)2-6-14-11-19-16-9-5-13(18)10-17(16)20-14/h3-5,7-11H,18H2,1H3. The van der Waals surface area contributed by atoms with Crippen molar-refractivity contribution in [3.8, 4) is 17.6 Å². The van der Waals surface area contributed by atoms with Crippen LogP contribution in [-0.4, -0.2) is 17.1 Å². The Morgan fingerprint density at radius 3 is 2.57 bits per heavy atom. The first-order valence-corrected chi connectivity index (χ1v) is 6.43. The highest BCUT2D eigenvalue weighted by molar-refractivity contribution is 5.78. The maximum atomic E-state index is 5.75. The van der Waals surface area contributed by atoms with Crippen molar-refractivity contribution >= 4 is 16.7 Å². The first-order valence-electron chi connectivity index (χ1n) is 6.43. The van der Waals surface area contributed by atoms with Gasteiger partial charge in [-0.25, -0.2) is 4.98 Å². The van der Waals surface area contributed by atoms with Gasteiger partial charge in [-0.05, 0) is 48.4 Å². The van der Waals surface area contributed by atoms with Crippen molar-refractivity contribution in [3.63, 3.8) is 0 Å². The summed E-state index contributed by atoms with van der Waals surface area (Å²) >= 11 is 0. The second-order valence-corrected chi connectivity index (χ2v) is 4.48. The second-order valence-electron chi connectivity index (χ2n) is 4.48. The minimum atomic E-state index is 0.615. The molecule has 0 saturated carbocycles. The molecule has 0 aliphatic carbocycles. The molecular formula is C17H13N3O. The molecule has 1 aromatic heterocycles. The van der Waals surface area contributed by atoms with E-state index in [2.05, 4.69) is 21.8 Å². The fourth-order valence-electron chi connectivity index (χ4n) is 1.90. The summed E-state index contributed by atoms with van der Waals surface area (Å²) in [5.41, 5.74) is 9.47. The van der Waals surface area contributed by atoms with Gasteiger partial charge in [0.15, 0.2) is 0 Å². The summed E-state index contributed by atoms with van der Waals surface area (Å²) in [6.07, 6.45) is 1.66. The Labute approximate surface area is 122 Å². The summed E-state index contributed by atoms with van der Waals surface area (Å²) in [6, 6.07) is 13.0. The van der Waals surface area contributed by atoms with Crippen LogP contribution in [0.25, 0.3) is 11.0 Å². The Hall–Kier alpha value is -3.06. The monoisotopic (exact) mass is 275 g/mol. The molecule has 1 heterocycles. The summed E-state index contributed by atoms with van der Waals surface area (Å²) in [7, 11) is 1.64. The molecule has 4 nitrogen and oxygen atoms in total. The third kappa shape index (κ3) is 2.93. The van der Waals surface area contributed by atoms with Gasteiger partial charge in [0.1, 0.15) is 11.4 Å². The largest absolute Gasteiger partial charge is 0.497 e. The topological polar surface area (TPSA) is 61.0 Å². The van der Waals surface area contributed by atoms with Crippen LogP contribution in [0, 0.1) is 11.8 Å².